The zero-order valence-electron chi connectivity index (χ0n) is 26.2. The lowest BCUT2D eigenvalue weighted by atomic mass is 9.88. The lowest BCUT2D eigenvalue weighted by molar-refractivity contribution is -0.202. The molecule has 2 aromatic carbocycles. The van der Waals surface area contributed by atoms with Crippen LogP contribution in [0.3, 0.4) is 0 Å². The van der Waals surface area contributed by atoms with E-state index in [0.717, 1.165) is 11.1 Å². The summed E-state index contributed by atoms with van der Waals surface area (Å²) in [5.41, 5.74) is 1.66. The van der Waals surface area contributed by atoms with Gasteiger partial charge in [0.15, 0.2) is 5.78 Å². The number of rotatable bonds is 21. The summed E-state index contributed by atoms with van der Waals surface area (Å²) < 4.78 is 20.5. The smallest absolute Gasteiger partial charge is 0.330 e. The SMILES string of the molecule is COC(=O)/C=C/c1ccc(OCCCCCC(=O)C(C)C(O)(O)C(=O)CCCCCOc2ccc(/C=C/C(=O)OC)cc2)cc1. The summed E-state index contributed by atoms with van der Waals surface area (Å²) in [4.78, 5) is 47.4. The van der Waals surface area contributed by atoms with Gasteiger partial charge in [0.2, 0.25) is 5.79 Å². The number of aliphatic hydroxyl groups is 2. The number of Topliss-reactive ketones (excluding diaryl/α,β-unsaturated/α-hetero) is 2. The fourth-order valence-electron chi connectivity index (χ4n) is 4.20. The molecular weight excluding hydrogens is 580 g/mol. The van der Waals surface area contributed by atoms with Crippen molar-refractivity contribution >= 4 is 35.7 Å². The summed E-state index contributed by atoms with van der Waals surface area (Å²) in [6.45, 7) is 2.26. The summed E-state index contributed by atoms with van der Waals surface area (Å²) in [7, 11) is 2.63. The van der Waals surface area contributed by atoms with Crippen LogP contribution in [0.25, 0.3) is 12.2 Å². The van der Waals surface area contributed by atoms with Gasteiger partial charge in [-0.25, -0.2) is 9.59 Å². The average molecular weight is 625 g/mol. The Morgan fingerprint density at radius 2 is 1.09 bits per heavy atom. The molecule has 0 aliphatic carbocycles. The molecule has 2 rings (SSSR count). The Hall–Kier alpha value is -4.28. The molecule has 0 radical (unpaired) electrons. The van der Waals surface area contributed by atoms with Gasteiger partial charge in [0.05, 0.1) is 33.4 Å². The number of ether oxygens (including phenoxy) is 4. The van der Waals surface area contributed by atoms with E-state index in [1.165, 1.54) is 33.3 Å². The third-order valence-corrected chi connectivity index (χ3v) is 7.14. The van der Waals surface area contributed by atoms with E-state index in [0.29, 0.717) is 63.2 Å². The molecule has 0 aliphatic rings. The predicted molar refractivity (Wildman–Crippen MR) is 169 cm³/mol. The lowest BCUT2D eigenvalue weighted by Crippen LogP contribution is -2.47. The van der Waals surface area contributed by atoms with Crippen LogP contribution in [0.4, 0.5) is 0 Å². The van der Waals surface area contributed by atoms with Crippen LogP contribution < -0.4 is 9.47 Å². The van der Waals surface area contributed by atoms with E-state index in [2.05, 4.69) is 9.47 Å². The summed E-state index contributed by atoms with van der Waals surface area (Å²) in [6, 6.07) is 14.4. The van der Waals surface area contributed by atoms with Crippen LogP contribution in [0.15, 0.2) is 60.7 Å². The minimum atomic E-state index is -2.70. The molecule has 0 aromatic heterocycles. The van der Waals surface area contributed by atoms with Gasteiger partial charge in [-0.3, -0.25) is 9.59 Å². The molecule has 10 heteroatoms. The molecule has 0 saturated carbocycles. The van der Waals surface area contributed by atoms with E-state index in [9.17, 15) is 29.4 Å². The molecule has 1 unspecified atom stereocenters. The Balaban J connectivity index is 1.59. The maximum absolute atomic E-state index is 12.6. The maximum atomic E-state index is 12.6. The number of benzene rings is 2. The first kappa shape index (κ1) is 36.9. The molecular formula is C35H44O10. The Morgan fingerprint density at radius 3 is 1.51 bits per heavy atom. The number of methoxy groups -OCH3 is 2. The van der Waals surface area contributed by atoms with E-state index < -0.39 is 29.4 Å². The van der Waals surface area contributed by atoms with Crippen LogP contribution in [-0.2, 0) is 28.7 Å². The lowest BCUT2D eigenvalue weighted by Gasteiger charge is -2.26. The zero-order chi connectivity index (χ0) is 33.1. The molecule has 2 aromatic rings. The van der Waals surface area contributed by atoms with Crippen molar-refractivity contribution in [1.82, 2.24) is 0 Å². The molecule has 0 saturated heterocycles. The van der Waals surface area contributed by atoms with Crippen molar-refractivity contribution in [2.24, 2.45) is 5.92 Å². The highest BCUT2D eigenvalue weighted by Crippen LogP contribution is 2.22. The molecule has 0 heterocycles. The highest BCUT2D eigenvalue weighted by Gasteiger charge is 2.41. The molecule has 2 N–H and O–H groups in total. The number of esters is 2. The molecule has 45 heavy (non-hydrogen) atoms. The number of carbonyl (C=O) groups excluding carboxylic acids is 4. The number of hydrogen-bond acceptors (Lipinski definition) is 10. The Morgan fingerprint density at radius 1 is 0.667 bits per heavy atom. The maximum Gasteiger partial charge on any atom is 0.330 e. The quantitative estimate of drug-likeness (QED) is 0.0833. The molecule has 244 valence electrons. The summed E-state index contributed by atoms with van der Waals surface area (Å²) >= 11 is 0. The molecule has 0 spiro atoms. The van der Waals surface area contributed by atoms with Crippen LogP contribution in [0.2, 0.25) is 0 Å². The van der Waals surface area contributed by atoms with Gasteiger partial charge in [0.1, 0.15) is 17.3 Å². The van der Waals surface area contributed by atoms with Crippen LogP contribution in [0, 0.1) is 5.92 Å². The Bertz CT molecular complexity index is 1280. The standard InChI is InChI=1S/C35H44O10/c1-26(31(36)10-6-4-8-24-44-29-18-12-27(13-19-29)16-22-33(38)42-2)35(40,41)32(37)11-7-5-9-25-45-30-20-14-28(15-21-30)17-23-34(39)43-3/h12-23,26,40-41H,4-11,24-25H2,1-3H3/b22-16+,23-17+. The van der Waals surface area contributed by atoms with Crippen molar-refractivity contribution in [2.75, 3.05) is 27.4 Å². The third-order valence-electron chi connectivity index (χ3n) is 7.14. The van der Waals surface area contributed by atoms with Gasteiger partial charge in [0, 0.05) is 25.0 Å². The van der Waals surface area contributed by atoms with Gasteiger partial charge in [-0.05, 0) is 93.0 Å². The number of hydrogen-bond donors (Lipinski definition) is 2. The molecule has 0 fully saturated rings. The highest BCUT2D eigenvalue weighted by molar-refractivity contribution is 5.93. The average Bonchev–Trinajstić information content (AvgIpc) is 3.05. The zero-order valence-corrected chi connectivity index (χ0v) is 26.2. The number of carbonyl (C=O) groups is 4. The van der Waals surface area contributed by atoms with Gasteiger partial charge in [0.25, 0.3) is 0 Å². The molecule has 10 nitrogen and oxygen atoms in total. The first-order valence-corrected chi connectivity index (χ1v) is 15.0. The van der Waals surface area contributed by atoms with E-state index in [1.807, 2.05) is 24.3 Å². The summed E-state index contributed by atoms with van der Waals surface area (Å²) in [6.07, 6.45) is 9.74. The van der Waals surface area contributed by atoms with Gasteiger partial charge in [-0.15, -0.1) is 0 Å². The third kappa shape index (κ3) is 13.9. The van der Waals surface area contributed by atoms with Crippen LogP contribution in [0.1, 0.15) is 69.4 Å². The second kappa shape index (κ2) is 19.9. The van der Waals surface area contributed by atoms with Gasteiger partial charge >= 0.3 is 11.9 Å². The van der Waals surface area contributed by atoms with Crippen molar-refractivity contribution < 1.29 is 48.3 Å². The number of unbranched alkanes of at least 4 members (excludes halogenated alkanes) is 4. The van der Waals surface area contributed by atoms with Crippen LogP contribution >= 0.6 is 0 Å². The van der Waals surface area contributed by atoms with Crippen LogP contribution in [0.5, 0.6) is 11.5 Å². The molecule has 0 amide bonds. The largest absolute Gasteiger partial charge is 0.494 e. The first-order chi connectivity index (χ1) is 21.6. The predicted octanol–water partition coefficient (Wildman–Crippen LogP) is 5.09. The first-order valence-electron chi connectivity index (χ1n) is 15.0. The Kier molecular flexibility index (Phi) is 16.3. The van der Waals surface area contributed by atoms with Gasteiger partial charge < -0.3 is 29.2 Å². The monoisotopic (exact) mass is 624 g/mol. The Labute approximate surface area is 264 Å². The normalized spacial score (nSPS) is 12.2. The molecule has 0 aliphatic heterocycles. The molecule has 1 atom stereocenters. The summed E-state index contributed by atoms with van der Waals surface area (Å²) in [5.74, 6) is -4.56. The van der Waals surface area contributed by atoms with E-state index >= 15 is 0 Å². The van der Waals surface area contributed by atoms with Gasteiger partial charge in [-0.1, -0.05) is 24.3 Å². The van der Waals surface area contributed by atoms with Gasteiger partial charge in [-0.2, -0.15) is 0 Å². The fraction of sp³-hybridized carbons (Fsp3) is 0.429. The minimum Gasteiger partial charge on any atom is -0.494 e. The number of ketones is 2. The van der Waals surface area contributed by atoms with E-state index in [1.54, 1.807) is 36.4 Å². The van der Waals surface area contributed by atoms with Crippen molar-refractivity contribution in [2.45, 2.75) is 64.1 Å². The van der Waals surface area contributed by atoms with E-state index in [-0.39, 0.29) is 18.6 Å². The van der Waals surface area contributed by atoms with Crippen molar-refractivity contribution in [3.05, 3.63) is 71.8 Å². The van der Waals surface area contributed by atoms with Crippen molar-refractivity contribution in [1.29, 1.82) is 0 Å². The highest BCUT2D eigenvalue weighted by atomic mass is 16.5. The van der Waals surface area contributed by atoms with Crippen molar-refractivity contribution in [3.8, 4) is 11.5 Å². The van der Waals surface area contributed by atoms with Crippen molar-refractivity contribution in [3.63, 3.8) is 0 Å². The topological polar surface area (TPSA) is 146 Å². The second-order valence-electron chi connectivity index (χ2n) is 10.5. The van der Waals surface area contributed by atoms with Crippen LogP contribution in [-0.4, -0.2) is 66.9 Å². The summed E-state index contributed by atoms with van der Waals surface area (Å²) in [5, 5.41) is 20.8. The second-order valence-corrected chi connectivity index (χ2v) is 10.5. The molecule has 0 bridgehead atoms. The van der Waals surface area contributed by atoms with E-state index in [4.69, 9.17) is 9.47 Å². The fourth-order valence-corrected chi connectivity index (χ4v) is 4.20. The minimum absolute atomic E-state index is 0.0499.